The summed E-state index contributed by atoms with van der Waals surface area (Å²) in [7, 11) is 2.21. The molecular weight excluding hydrogens is 182 g/mol. The van der Waals surface area contributed by atoms with Crippen molar-refractivity contribution in [2.75, 3.05) is 7.05 Å². The fraction of sp³-hybridized carbons (Fsp3) is 0.429. The van der Waals surface area contributed by atoms with E-state index in [-0.39, 0.29) is 0 Å². The SMILES string of the molecule is C#Cc1ccc(CN(C)C2CCC2)cc1. The Balaban J connectivity index is 1.95. The van der Waals surface area contributed by atoms with Gasteiger partial charge in [-0.05, 0) is 37.6 Å². The van der Waals surface area contributed by atoms with Crippen molar-refractivity contribution >= 4 is 0 Å². The summed E-state index contributed by atoms with van der Waals surface area (Å²) in [5, 5.41) is 0. The molecule has 2 rings (SSSR count). The molecule has 0 unspecified atom stereocenters. The van der Waals surface area contributed by atoms with Gasteiger partial charge in [-0.15, -0.1) is 6.42 Å². The molecule has 0 spiro atoms. The lowest BCUT2D eigenvalue weighted by atomic mass is 9.91. The Kier molecular flexibility index (Phi) is 3.08. The maximum Gasteiger partial charge on any atom is 0.0242 e. The topological polar surface area (TPSA) is 3.24 Å². The molecule has 1 aromatic rings. The van der Waals surface area contributed by atoms with Gasteiger partial charge in [-0.2, -0.15) is 0 Å². The molecule has 0 heterocycles. The van der Waals surface area contributed by atoms with E-state index in [9.17, 15) is 0 Å². The first kappa shape index (κ1) is 10.3. The van der Waals surface area contributed by atoms with Crippen LogP contribution in [0.25, 0.3) is 0 Å². The van der Waals surface area contributed by atoms with Crippen LogP contribution in [0.15, 0.2) is 24.3 Å². The van der Waals surface area contributed by atoms with Crippen molar-refractivity contribution < 1.29 is 0 Å². The Bertz CT molecular complexity index is 354. The average Bonchev–Trinajstić information content (AvgIpc) is 2.16. The van der Waals surface area contributed by atoms with Crippen molar-refractivity contribution in [3.8, 4) is 12.3 Å². The molecule has 1 aliphatic rings. The van der Waals surface area contributed by atoms with Crippen molar-refractivity contribution in [3.63, 3.8) is 0 Å². The molecule has 0 aromatic heterocycles. The summed E-state index contributed by atoms with van der Waals surface area (Å²) >= 11 is 0. The summed E-state index contributed by atoms with van der Waals surface area (Å²) < 4.78 is 0. The van der Waals surface area contributed by atoms with Gasteiger partial charge in [0.15, 0.2) is 0 Å². The maximum atomic E-state index is 5.32. The first-order chi connectivity index (χ1) is 7.29. The van der Waals surface area contributed by atoms with E-state index in [2.05, 4.69) is 30.0 Å². The quantitative estimate of drug-likeness (QED) is 0.676. The molecule has 78 valence electrons. The molecule has 1 fully saturated rings. The summed E-state index contributed by atoms with van der Waals surface area (Å²) in [4.78, 5) is 2.44. The third-order valence-corrected chi connectivity index (χ3v) is 3.25. The minimum absolute atomic E-state index is 0.803. The number of rotatable bonds is 3. The van der Waals surface area contributed by atoms with Crippen molar-refractivity contribution in [3.05, 3.63) is 35.4 Å². The smallest absolute Gasteiger partial charge is 0.0242 e. The van der Waals surface area contributed by atoms with E-state index in [0.717, 1.165) is 18.2 Å². The molecule has 0 bridgehead atoms. The van der Waals surface area contributed by atoms with Crippen LogP contribution in [0.5, 0.6) is 0 Å². The minimum Gasteiger partial charge on any atom is -0.299 e. The highest BCUT2D eigenvalue weighted by Gasteiger charge is 2.21. The zero-order valence-corrected chi connectivity index (χ0v) is 9.24. The number of benzene rings is 1. The van der Waals surface area contributed by atoms with Gasteiger partial charge in [0.1, 0.15) is 0 Å². The van der Waals surface area contributed by atoms with E-state index in [1.54, 1.807) is 0 Å². The largest absolute Gasteiger partial charge is 0.299 e. The molecule has 1 aromatic carbocycles. The van der Waals surface area contributed by atoms with Gasteiger partial charge in [-0.1, -0.05) is 24.5 Å². The summed E-state index contributed by atoms with van der Waals surface area (Å²) in [6, 6.07) is 9.10. The van der Waals surface area contributed by atoms with Gasteiger partial charge in [0, 0.05) is 18.2 Å². The Hall–Kier alpha value is -1.26. The highest BCUT2D eigenvalue weighted by atomic mass is 15.1. The van der Waals surface area contributed by atoms with Crippen LogP contribution < -0.4 is 0 Å². The van der Waals surface area contributed by atoms with Gasteiger partial charge >= 0.3 is 0 Å². The highest BCUT2D eigenvalue weighted by Crippen LogP contribution is 2.24. The Morgan fingerprint density at radius 1 is 1.33 bits per heavy atom. The van der Waals surface area contributed by atoms with Crippen molar-refractivity contribution in [2.24, 2.45) is 0 Å². The molecule has 0 aliphatic heterocycles. The molecular formula is C14H17N. The van der Waals surface area contributed by atoms with Gasteiger partial charge in [-0.3, -0.25) is 4.90 Å². The average molecular weight is 199 g/mol. The van der Waals surface area contributed by atoms with Gasteiger partial charge in [-0.25, -0.2) is 0 Å². The van der Waals surface area contributed by atoms with Gasteiger partial charge in [0.25, 0.3) is 0 Å². The standard InChI is InChI=1S/C14H17N/c1-3-12-7-9-13(10-8-12)11-15(2)14-5-4-6-14/h1,7-10,14H,4-6,11H2,2H3. The molecule has 1 saturated carbocycles. The van der Waals surface area contributed by atoms with Crippen LogP contribution in [0.4, 0.5) is 0 Å². The second-order valence-electron chi connectivity index (χ2n) is 4.34. The van der Waals surface area contributed by atoms with Crippen LogP contribution >= 0.6 is 0 Å². The van der Waals surface area contributed by atoms with E-state index in [1.165, 1.54) is 24.8 Å². The fourth-order valence-electron chi connectivity index (χ4n) is 1.95. The van der Waals surface area contributed by atoms with Crippen LogP contribution in [-0.2, 0) is 6.54 Å². The van der Waals surface area contributed by atoms with Crippen molar-refractivity contribution in [1.29, 1.82) is 0 Å². The second-order valence-corrected chi connectivity index (χ2v) is 4.34. The van der Waals surface area contributed by atoms with E-state index in [4.69, 9.17) is 6.42 Å². The summed E-state index contributed by atoms with van der Waals surface area (Å²) in [5.41, 5.74) is 2.31. The zero-order chi connectivity index (χ0) is 10.7. The van der Waals surface area contributed by atoms with E-state index < -0.39 is 0 Å². The molecule has 15 heavy (non-hydrogen) atoms. The predicted octanol–water partition coefficient (Wildman–Crippen LogP) is 2.65. The first-order valence-electron chi connectivity index (χ1n) is 5.55. The fourth-order valence-corrected chi connectivity index (χ4v) is 1.95. The highest BCUT2D eigenvalue weighted by molar-refractivity contribution is 5.34. The second kappa shape index (κ2) is 4.51. The summed E-state index contributed by atoms with van der Waals surface area (Å²) in [6.45, 7) is 1.04. The first-order valence-corrected chi connectivity index (χ1v) is 5.55. The Morgan fingerprint density at radius 2 is 2.00 bits per heavy atom. The minimum atomic E-state index is 0.803. The van der Waals surface area contributed by atoms with Crippen molar-refractivity contribution in [2.45, 2.75) is 31.8 Å². The van der Waals surface area contributed by atoms with Crippen LogP contribution in [0.1, 0.15) is 30.4 Å². The Labute approximate surface area is 92.1 Å². The monoisotopic (exact) mass is 199 g/mol. The van der Waals surface area contributed by atoms with Crippen LogP contribution in [0.3, 0.4) is 0 Å². The van der Waals surface area contributed by atoms with E-state index >= 15 is 0 Å². The van der Waals surface area contributed by atoms with Crippen molar-refractivity contribution in [1.82, 2.24) is 4.90 Å². The molecule has 1 aliphatic carbocycles. The molecule has 1 nitrogen and oxygen atoms in total. The van der Waals surface area contributed by atoms with Gasteiger partial charge in [0.05, 0.1) is 0 Å². The third-order valence-electron chi connectivity index (χ3n) is 3.25. The summed E-state index contributed by atoms with van der Waals surface area (Å²) in [6.07, 6.45) is 9.43. The lowest BCUT2D eigenvalue weighted by molar-refractivity contribution is 0.152. The van der Waals surface area contributed by atoms with Gasteiger partial charge in [0.2, 0.25) is 0 Å². The molecule has 1 heteroatoms. The Morgan fingerprint density at radius 3 is 2.47 bits per heavy atom. The van der Waals surface area contributed by atoms with E-state index in [0.29, 0.717) is 0 Å². The molecule has 0 amide bonds. The number of hydrogen-bond acceptors (Lipinski definition) is 1. The number of hydrogen-bond donors (Lipinski definition) is 0. The van der Waals surface area contributed by atoms with Crippen LogP contribution in [0, 0.1) is 12.3 Å². The number of nitrogens with zero attached hydrogens (tertiary/aromatic N) is 1. The third kappa shape index (κ3) is 2.40. The maximum absolute atomic E-state index is 5.32. The molecule has 0 atom stereocenters. The number of terminal acetylenes is 1. The molecule has 0 saturated heterocycles. The van der Waals surface area contributed by atoms with Gasteiger partial charge < -0.3 is 0 Å². The predicted molar refractivity (Wildman–Crippen MR) is 63.5 cm³/mol. The van der Waals surface area contributed by atoms with Crippen LogP contribution in [-0.4, -0.2) is 18.0 Å². The summed E-state index contributed by atoms with van der Waals surface area (Å²) in [5.74, 6) is 2.64. The lowest BCUT2D eigenvalue weighted by Crippen LogP contribution is -2.36. The lowest BCUT2D eigenvalue weighted by Gasteiger charge is -2.34. The molecule has 0 radical (unpaired) electrons. The van der Waals surface area contributed by atoms with Crippen LogP contribution in [0.2, 0.25) is 0 Å². The zero-order valence-electron chi connectivity index (χ0n) is 9.24. The molecule has 0 N–H and O–H groups in total. The van der Waals surface area contributed by atoms with E-state index in [1.807, 2.05) is 12.1 Å². The normalized spacial score (nSPS) is 16.1.